The van der Waals surface area contributed by atoms with Gasteiger partial charge in [0.15, 0.2) is 19.7 Å². The summed E-state index contributed by atoms with van der Waals surface area (Å²) in [5.41, 5.74) is 5.62. The van der Waals surface area contributed by atoms with Gasteiger partial charge in [-0.1, -0.05) is 18.2 Å². The third-order valence-corrected chi connectivity index (χ3v) is 7.03. The van der Waals surface area contributed by atoms with Crippen LogP contribution >= 0.6 is 0 Å². The first-order valence-electron chi connectivity index (χ1n) is 5.08. The van der Waals surface area contributed by atoms with Gasteiger partial charge in [-0.2, -0.15) is 0 Å². The number of hydrogen-bond acceptors (Lipinski definition) is 5. The number of sulfone groups is 2. The molecule has 7 heteroatoms. The third-order valence-electron chi connectivity index (χ3n) is 2.81. The second kappa shape index (κ2) is 4.08. The molecule has 2 atom stereocenters. The summed E-state index contributed by atoms with van der Waals surface area (Å²) in [7, 11) is -7.00. The lowest BCUT2D eigenvalue weighted by molar-refractivity contribution is 0.574. The molecule has 0 spiro atoms. The Kier molecular flexibility index (Phi) is 3.01. The molecule has 0 amide bonds. The lowest BCUT2D eigenvalue weighted by atomic mass is 10.3. The average molecular weight is 275 g/mol. The maximum absolute atomic E-state index is 12.2. The van der Waals surface area contributed by atoms with Gasteiger partial charge in [0.25, 0.3) is 0 Å². The lowest BCUT2D eigenvalue weighted by Gasteiger charge is -2.14. The molecule has 0 radical (unpaired) electrons. The minimum atomic E-state index is -3.66. The summed E-state index contributed by atoms with van der Waals surface area (Å²) >= 11 is 0. The second-order valence-electron chi connectivity index (χ2n) is 4.14. The fraction of sp³-hybridized carbons (Fsp3) is 0.400. The fourth-order valence-electron chi connectivity index (χ4n) is 1.95. The van der Waals surface area contributed by atoms with E-state index < -0.39 is 31.0 Å². The van der Waals surface area contributed by atoms with Crippen molar-refractivity contribution in [3.8, 4) is 0 Å². The van der Waals surface area contributed by atoms with Crippen LogP contribution in [0.15, 0.2) is 35.2 Å². The predicted octanol–water partition coefficient (Wildman–Crippen LogP) is -0.415. The van der Waals surface area contributed by atoms with E-state index in [1.54, 1.807) is 18.2 Å². The van der Waals surface area contributed by atoms with Gasteiger partial charge in [-0.15, -0.1) is 0 Å². The van der Waals surface area contributed by atoms with E-state index >= 15 is 0 Å². The van der Waals surface area contributed by atoms with Gasteiger partial charge in [0, 0.05) is 6.04 Å². The second-order valence-corrected chi connectivity index (χ2v) is 8.46. The van der Waals surface area contributed by atoms with Gasteiger partial charge in [-0.05, 0) is 12.1 Å². The van der Waals surface area contributed by atoms with E-state index in [0.29, 0.717) is 0 Å². The number of rotatable bonds is 2. The molecular weight excluding hydrogens is 262 g/mol. The molecule has 1 aromatic carbocycles. The highest BCUT2D eigenvalue weighted by atomic mass is 32.2. The van der Waals surface area contributed by atoms with Gasteiger partial charge in [0.05, 0.1) is 21.7 Å². The largest absolute Gasteiger partial charge is 0.326 e. The van der Waals surface area contributed by atoms with Crippen LogP contribution in [0.4, 0.5) is 0 Å². The SMILES string of the molecule is NC1CS(=O)(=O)CC1S(=O)(=O)c1ccccc1. The van der Waals surface area contributed by atoms with Gasteiger partial charge in [-0.25, -0.2) is 16.8 Å². The number of hydrogen-bond donors (Lipinski definition) is 1. The Morgan fingerprint density at radius 2 is 1.71 bits per heavy atom. The van der Waals surface area contributed by atoms with Crippen LogP contribution in [0.3, 0.4) is 0 Å². The average Bonchev–Trinajstić information content (AvgIpc) is 2.54. The summed E-state index contributed by atoms with van der Waals surface area (Å²) in [6, 6.07) is 6.96. The molecule has 1 aromatic rings. The zero-order valence-corrected chi connectivity index (χ0v) is 10.6. The normalized spacial score (nSPS) is 28.1. The zero-order chi connectivity index (χ0) is 12.7. The molecule has 5 nitrogen and oxygen atoms in total. The topological polar surface area (TPSA) is 94.3 Å². The molecule has 94 valence electrons. The zero-order valence-electron chi connectivity index (χ0n) is 8.98. The van der Waals surface area contributed by atoms with Crippen molar-refractivity contribution >= 4 is 19.7 Å². The molecule has 2 N–H and O–H groups in total. The summed E-state index contributed by atoms with van der Waals surface area (Å²) in [6.07, 6.45) is 0. The molecular formula is C10H13NO4S2. The number of nitrogens with two attached hydrogens (primary N) is 1. The Labute approximate surface area is 100 Å². The van der Waals surface area contributed by atoms with Crippen molar-refractivity contribution in [2.24, 2.45) is 5.73 Å². The summed E-state index contributed by atoms with van der Waals surface area (Å²) < 4.78 is 47.1. The first-order valence-corrected chi connectivity index (χ1v) is 8.45. The lowest BCUT2D eigenvalue weighted by Crippen LogP contribution is -2.39. The van der Waals surface area contributed by atoms with Crippen LogP contribution in [0.2, 0.25) is 0 Å². The molecule has 1 aliphatic heterocycles. The Morgan fingerprint density at radius 3 is 2.18 bits per heavy atom. The van der Waals surface area contributed by atoms with Crippen LogP contribution in [0.25, 0.3) is 0 Å². The van der Waals surface area contributed by atoms with Crippen molar-refractivity contribution < 1.29 is 16.8 Å². The fourth-order valence-corrected chi connectivity index (χ4v) is 6.55. The highest BCUT2D eigenvalue weighted by molar-refractivity contribution is 7.96. The van der Waals surface area contributed by atoms with E-state index in [1.165, 1.54) is 12.1 Å². The highest BCUT2D eigenvalue weighted by Gasteiger charge is 2.43. The molecule has 1 aliphatic rings. The van der Waals surface area contributed by atoms with Crippen molar-refractivity contribution in [3.05, 3.63) is 30.3 Å². The molecule has 0 aromatic heterocycles. The molecule has 0 aliphatic carbocycles. The summed E-state index contributed by atoms with van der Waals surface area (Å²) in [4.78, 5) is 0.123. The van der Waals surface area contributed by atoms with Crippen molar-refractivity contribution in [1.29, 1.82) is 0 Å². The van der Waals surface area contributed by atoms with E-state index in [2.05, 4.69) is 0 Å². The van der Waals surface area contributed by atoms with E-state index in [-0.39, 0.29) is 16.4 Å². The van der Waals surface area contributed by atoms with E-state index in [0.717, 1.165) is 0 Å². The Balaban J connectivity index is 2.42. The monoisotopic (exact) mass is 275 g/mol. The smallest absolute Gasteiger partial charge is 0.183 e. The number of benzene rings is 1. The molecule has 2 rings (SSSR count). The first kappa shape index (κ1) is 12.5. The molecule has 1 saturated heterocycles. The standard InChI is InChI=1S/C10H13NO4S2/c11-9-6-16(12,13)7-10(9)17(14,15)8-4-2-1-3-5-8/h1-5,9-10H,6-7,11H2. The molecule has 1 fully saturated rings. The minimum absolute atomic E-state index is 0.123. The van der Waals surface area contributed by atoms with Gasteiger partial charge >= 0.3 is 0 Å². The van der Waals surface area contributed by atoms with Crippen LogP contribution in [-0.4, -0.2) is 39.6 Å². The van der Waals surface area contributed by atoms with Crippen LogP contribution in [0.5, 0.6) is 0 Å². The summed E-state index contributed by atoms with van der Waals surface area (Å²) in [5.74, 6) is -0.644. The van der Waals surface area contributed by atoms with E-state index in [1.807, 2.05) is 0 Å². The molecule has 1 heterocycles. The highest BCUT2D eigenvalue weighted by Crippen LogP contribution is 2.24. The maximum atomic E-state index is 12.2. The first-order chi connectivity index (χ1) is 7.83. The van der Waals surface area contributed by atoms with Crippen LogP contribution < -0.4 is 5.73 Å². The summed E-state index contributed by atoms with van der Waals surface area (Å²) in [5, 5.41) is -1.03. The molecule has 2 unspecified atom stereocenters. The molecule has 0 saturated carbocycles. The van der Waals surface area contributed by atoms with Gasteiger partial charge < -0.3 is 5.73 Å². The third kappa shape index (κ3) is 2.36. The minimum Gasteiger partial charge on any atom is -0.326 e. The van der Waals surface area contributed by atoms with Crippen LogP contribution in [-0.2, 0) is 19.7 Å². The van der Waals surface area contributed by atoms with Crippen molar-refractivity contribution in [2.45, 2.75) is 16.2 Å². The van der Waals surface area contributed by atoms with Crippen LogP contribution in [0.1, 0.15) is 0 Å². The molecule has 0 bridgehead atoms. The maximum Gasteiger partial charge on any atom is 0.183 e. The quantitative estimate of drug-likeness (QED) is 0.791. The van der Waals surface area contributed by atoms with Crippen LogP contribution in [0, 0.1) is 0 Å². The van der Waals surface area contributed by atoms with E-state index in [4.69, 9.17) is 5.73 Å². The van der Waals surface area contributed by atoms with Crippen molar-refractivity contribution in [1.82, 2.24) is 0 Å². The van der Waals surface area contributed by atoms with Gasteiger partial charge in [-0.3, -0.25) is 0 Å². The Bertz CT molecular complexity index is 607. The Hall–Kier alpha value is -0.920. The van der Waals surface area contributed by atoms with Crippen molar-refractivity contribution in [3.63, 3.8) is 0 Å². The van der Waals surface area contributed by atoms with Gasteiger partial charge in [0.2, 0.25) is 0 Å². The van der Waals surface area contributed by atoms with Crippen molar-refractivity contribution in [2.75, 3.05) is 11.5 Å². The predicted molar refractivity (Wildman–Crippen MR) is 64.0 cm³/mol. The van der Waals surface area contributed by atoms with Gasteiger partial charge in [0.1, 0.15) is 0 Å². The molecule has 17 heavy (non-hydrogen) atoms. The Morgan fingerprint density at radius 1 is 1.12 bits per heavy atom. The van der Waals surface area contributed by atoms with E-state index in [9.17, 15) is 16.8 Å². The summed E-state index contributed by atoms with van der Waals surface area (Å²) in [6.45, 7) is 0.